The Morgan fingerprint density at radius 1 is 1.38 bits per heavy atom. The molecule has 0 saturated heterocycles. The topological polar surface area (TPSA) is 72.8 Å². The van der Waals surface area contributed by atoms with E-state index in [1.165, 1.54) is 14.2 Å². The van der Waals surface area contributed by atoms with Gasteiger partial charge in [-0.1, -0.05) is 0 Å². The second-order valence-corrected chi connectivity index (χ2v) is 2.67. The molecule has 0 heterocycles. The minimum absolute atomic E-state index is 0.166. The molecular weight excluding hydrogens is 176 g/mol. The largest absolute Gasteiger partial charge is 0.481 e. The van der Waals surface area contributed by atoms with Crippen LogP contribution in [0.3, 0.4) is 0 Å². The van der Waals surface area contributed by atoms with Crippen LogP contribution >= 0.6 is 0 Å². The number of carboxylic acids is 1. The summed E-state index contributed by atoms with van der Waals surface area (Å²) >= 11 is 0. The number of aliphatic carboxylic acids is 1. The summed E-state index contributed by atoms with van der Waals surface area (Å²) in [4.78, 5) is 21.5. The molecular formula is C8H14O5. The minimum Gasteiger partial charge on any atom is -0.481 e. The number of carbonyl (C=O) groups is 2. The van der Waals surface area contributed by atoms with Crippen LogP contribution < -0.4 is 0 Å². The lowest BCUT2D eigenvalue weighted by Gasteiger charge is -2.17. The molecule has 0 radical (unpaired) electrons. The number of esters is 1. The molecule has 0 aliphatic rings. The van der Waals surface area contributed by atoms with Crippen molar-refractivity contribution >= 4 is 11.9 Å². The second-order valence-electron chi connectivity index (χ2n) is 2.67. The van der Waals surface area contributed by atoms with Gasteiger partial charge in [-0.2, -0.15) is 0 Å². The van der Waals surface area contributed by atoms with E-state index in [4.69, 9.17) is 9.84 Å². The lowest BCUT2D eigenvalue weighted by molar-refractivity contribution is -0.154. The summed E-state index contributed by atoms with van der Waals surface area (Å²) in [7, 11) is 2.62. The first-order valence-electron chi connectivity index (χ1n) is 3.85. The summed E-state index contributed by atoms with van der Waals surface area (Å²) in [5.74, 6) is -2.45. The van der Waals surface area contributed by atoms with Gasteiger partial charge in [0.15, 0.2) is 0 Å². The van der Waals surface area contributed by atoms with Crippen LogP contribution in [0.15, 0.2) is 0 Å². The Morgan fingerprint density at radius 3 is 2.23 bits per heavy atom. The fraction of sp³-hybridized carbons (Fsp3) is 0.750. The highest BCUT2D eigenvalue weighted by atomic mass is 16.5. The average Bonchev–Trinajstić information content (AvgIpc) is 2.11. The fourth-order valence-corrected chi connectivity index (χ4v) is 0.881. The second kappa shape index (κ2) is 5.53. The molecule has 0 rings (SSSR count). The maximum absolute atomic E-state index is 10.8. The Morgan fingerprint density at radius 2 is 1.92 bits per heavy atom. The number of ether oxygens (including phenoxy) is 2. The number of methoxy groups -OCH3 is 2. The Labute approximate surface area is 76.6 Å². The monoisotopic (exact) mass is 190 g/mol. The van der Waals surface area contributed by atoms with Crippen LogP contribution in [0.4, 0.5) is 0 Å². The summed E-state index contributed by atoms with van der Waals surface area (Å²) in [6, 6.07) is 0. The molecule has 76 valence electrons. The molecule has 0 aromatic carbocycles. The first-order valence-corrected chi connectivity index (χ1v) is 3.85. The highest BCUT2D eigenvalue weighted by molar-refractivity contribution is 5.79. The number of hydrogen-bond donors (Lipinski definition) is 1. The average molecular weight is 190 g/mol. The summed E-state index contributed by atoms with van der Waals surface area (Å²) in [6.07, 6.45) is -0.669. The van der Waals surface area contributed by atoms with Crippen LogP contribution in [0.2, 0.25) is 0 Å². The van der Waals surface area contributed by atoms with Gasteiger partial charge in [-0.25, -0.2) is 0 Å². The molecule has 5 heteroatoms. The van der Waals surface area contributed by atoms with Crippen LogP contribution in [-0.2, 0) is 19.1 Å². The molecule has 5 nitrogen and oxygen atoms in total. The van der Waals surface area contributed by atoms with Crippen molar-refractivity contribution in [3.63, 3.8) is 0 Å². The molecule has 2 unspecified atom stereocenters. The summed E-state index contributed by atoms with van der Waals surface area (Å²) in [6.45, 7) is 1.60. The van der Waals surface area contributed by atoms with Gasteiger partial charge in [0.05, 0.1) is 25.6 Å². The van der Waals surface area contributed by atoms with E-state index >= 15 is 0 Å². The molecule has 0 spiro atoms. The number of hydrogen-bond acceptors (Lipinski definition) is 4. The van der Waals surface area contributed by atoms with E-state index in [0.29, 0.717) is 0 Å². The summed E-state index contributed by atoms with van der Waals surface area (Å²) < 4.78 is 9.20. The van der Waals surface area contributed by atoms with Crippen molar-refractivity contribution in [1.29, 1.82) is 0 Å². The van der Waals surface area contributed by atoms with Crippen molar-refractivity contribution in [1.82, 2.24) is 0 Å². The van der Waals surface area contributed by atoms with E-state index < -0.39 is 24.0 Å². The molecule has 0 aromatic rings. The van der Waals surface area contributed by atoms with E-state index in [-0.39, 0.29) is 6.42 Å². The van der Waals surface area contributed by atoms with Gasteiger partial charge in [-0.15, -0.1) is 0 Å². The van der Waals surface area contributed by atoms with Crippen molar-refractivity contribution in [3.05, 3.63) is 0 Å². The number of rotatable bonds is 5. The van der Waals surface area contributed by atoms with E-state index in [1.807, 2.05) is 0 Å². The Balaban J connectivity index is 4.26. The van der Waals surface area contributed by atoms with Gasteiger partial charge < -0.3 is 14.6 Å². The minimum atomic E-state index is -1.06. The molecule has 0 bridgehead atoms. The zero-order valence-corrected chi connectivity index (χ0v) is 7.94. The molecule has 0 saturated carbocycles. The van der Waals surface area contributed by atoms with Gasteiger partial charge >= 0.3 is 11.9 Å². The van der Waals surface area contributed by atoms with Crippen molar-refractivity contribution < 1.29 is 24.2 Å². The SMILES string of the molecule is COC(=O)CC(C(=O)O)C(C)OC. The fourth-order valence-electron chi connectivity index (χ4n) is 0.881. The van der Waals surface area contributed by atoms with E-state index in [9.17, 15) is 9.59 Å². The van der Waals surface area contributed by atoms with Crippen LogP contribution in [0.5, 0.6) is 0 Å². The van der Waals surface area contributed by atoms with Crippen LogP contribution in [0.1, 0.15) is 13.3 Å². The standard InChI is InChI=1S/C8H14O5/c1-5(12-2)6(8(10)11)4-7(9)13-3/h5-6H,4H2,1-3H3,(H,10,11). The maximum atomic E-state index is 10.8. The molecule has 2 atom stereocenters. The third-order valence-corrected chi connectivity index (χ3v) is 1.87. The van der Waals surface area contributed by atoms with Crippen LogP contribution in [-0.4, -0.2) is 37.4 Å². The lowest BCUT2D eigenvalue weighted by Crippen LogP contribution is -2.30. The van der Waals surface area contributed by atoms with Crippen LogP contribution in [0.25, 0.3) is 0 Å². The third-order valence-electron chi connectivity index (χ3n) is 1.87. The molecule has 13 heavy (non-hydrogen) atoms. The van der Waals surface area contributed by atoms with Crippen molar-refractivity contribution in [2.24, 2.45) is 5.92 Å². The van der Waals surface area contributed by atoms with Crippen molar-refractivity contribution in [2.75, 3.05) is 14.2 Å². The molecule has 0 fully saturated rings. The predicted molar refractivity (Wildman–Crippen MR) is 44.2 cm³/mol. The maximum Gasteiger partial charge on any atom is 0.309 e. The van der Waals surface area contributed by atoms with Gasteiger partial charge in [-0.3, -0.25) is 9.59 Å². The number of carbonyl (C=O) groups excluding carboxylic acids is 1. The molecule has 0 aliphatic heterocycles. The third kappa shape index (κ3) is 3.89. The highest BCUT2D eigenvalue weighted by Gasteiger charge is 2.27. The first kappa shape index (κ1) is 11.9. The van der Waals surface area contributed by atoms with Gasteiger partial charge in [0.2, 0.25) is 0 Å². The van der Waals surface area contributed by atoms with Gasteiger partial charge in [0.1, 0.15) is 0 Å². The summed E-state index contributed by atoms with van der Waals surface area (Å²) in [5.41, 5.74) is 0. The normalized spacial score (nSPS) is 14.7. The van der Waals surface area contributed by atoms with Crippen molar-refractivity contribution in [2.45, 2.75) is 19.4 Å². The molecule has 0 aromatic heterocycles. The van der Waals surface area contributed by atoms with Crippen molar-refractivity contribution in [3.8, 4) is 0 Å². The Bertz CT molecular complexity index is 189. The molecule has 0 aliphatic carbocycles. The highest BCUT2D eigenvalue weighted by Crippen LogP contribution is 2.12. The Hall–Kier alpha value is -1.10. The smallest absolute Gasteiger partial charge is 0.309 e. The predicted octanol–water partition coefficient (Wildman–Crippen LogP) is 0.285. The molecule has 1 N–H and O–H groups in total. The lowest BCUT2D eigenvalue weighted by atomic mass is 10.0. The first-order chi connectivity index (χ1) is 6.02. The van der Waals surface area contributed by atoms with E-state index in [0.717, 1.165) is 0 Å². The Kier molecular flexibility index (Phi) is 5.06. The number of carboxylic acid groups (broad SMARTS) is 1. The van der Waals surface area contributed by atoms with E-state index in [2.05, 4.69) is 4.74 Å². The van der Waals surface area contributed by atoms with Crippen LogP contribution in [0, 0.1) is 5.92 Å². The van der Waals surface area contributed by atoms with E-state index in [1.54, 1.807) is 6.92 Å². The zero-order valence-electron chi connectivity index (χ0n) is 7.94. The van der Waals surface area contributed by atoms with Gasteiger partial charge in [0, 0.05) is 7.11 Å². The zero-order chi connectivity index (χ0) is 10.4. The molecule has 0 amide bonds. The van der Waals surface area contributed by atoms with Gasteiger partial charge in [0.25, 0.3) is 0 Å². The summed E-state index contributed by atoms with van der Waals surface area (Å²) in [5, 5.41) is 8.73. The quantitative estimate of drug-likeness (QED) is 0.630. The van der Waals surface area contributed by atoms with Gasteiger partial charge in [-0.05, 0) is 6.92 Å².